The predicted octanol–water partition coefficient (Wildman–Crippen LogP) is 3.87. The third kappa shape index (κ3) is 2.53. The van der Waals surface area contributed by atoms with E-state index >= 15 is 0 Å². The molecule has 0 saturated heterocycles. The van der Waals surface area contributed by atoms with E-state index in [0.29, 0.717) is 21.1 Å². The smallest absolute Gasteiger partial charge is 0.271 e. The first-order valence-electron chi connectivity index (χ1n) is 5.57. The van der Waals surface area contributed by atoms with Crippen molar-refractivity contribution in [1.82, 2.24) is 0 Å². The molecule has 5 nitrogen and oxygen atoms in total. The lowest BCUT2D eigenvalue weighted by atomic mass is 9.68. The Morgan fingerprint density at radius 2 is 1.89 bits per heavy atom. The number of nitro groups is 1. The van der Waals surface area contributed by atoms with Gasteiger partial charge in [-0.2, -0.15) is 0 Å². The van der Waals surface area contributed by atoms with Gasteiger partial charge in [0.15, 0.2) is 0 Å². The number of nitro benzene ring substituents is 1. The zero-order chi connectivity index (χ0) is 14.4. The molecule has 0 heterocycles. The Labute approximate surface area is 126 Å². The van der Waals surface area contributed by atoms with Crippen molar-refractivity contribution < 1.29 is 14.5 Å². The van der Waals surface area contributed by atoms with E-state index in [1.165, 1.54) is 12.1 Å². The van der Waals surface area contributed by atoms with Gasteiger partial charge in [-0.15, -0.1) is 0 Å². The maximum atomic E-state index is 11.5. The first-order valence-corrected chi connectivity index (χ1v) is 7.15. The second-order valence-electron chi connectivity index (χ2n) is 4.95. The quantitative estimate of drug-likeness (QED) is 0.578. The maximum Gasteiger partial charge on any atom is 0.271 e. The lowest BCUT2D eigenvalue weighted by molar-refractivity contribution is -0.385. The highest BCUT2D eigenvalue weighted by atomic mass is 79.9. The molecule has 0 aromatic heterocycles. The Hall–Kier alpha value is -0.950. The number of halogens is 2. The molecule has 1 fully saturated rings. The molecular formula is C12H11Br2NO4. The highest BCUT2D eigenvalue weighted by molar-refractivity contribution is 9.11. The second-order valence-corrected chi connectivity index (χ2v) is 6.66. The predicted molar refractivity (Wildman–Crippen MR) is 76.3 cm³/mol. The van der Waals surface area contributed by atoms with Crippen LogP contribution in [0.2, 0.25) is 0 Å². The Morgan fingerprint density at radius 3 is 2.26 bits per heavy atom. The average molecular weight is 393 g/mol. The van der Waals surface area contributed by atoms with Crippen molar-refractivity contribution in [3.05, 3.63) is 31.2 Å². The third-order valence-electron chi connectivity index (χ3n) is 3.35. The fourth-order valence-corrected chi connectivity index (χ4v) is 3.18. The number of ketones is 1. The van der Waals surface area contributed by atoms with Crippen LogP contribution < -0.4 is 4.74 Å². The lowest BCUT2D eigenvalue weighted by Gasteiger charge is -2.42. The first kappa shape index (κ1) is 14.5. The van der Waals surface area contributed by atoms with Gasteiger partial charge >= 0.3 is 0 Å². The zero-order valence-corrected chi connectivity index (χ0v) is 13.4. The summed E-state index contributed by atoms with van der Waals surface area (Å²) < 4.78 is 6.77. The summed E-state index contributed by atoms with van der Waals surface area (Å²) in [7, 11) is 0. The molecule has 0 amide bonds. The number of ether oxygens (including phenoxy) is 1. The van der Waals surface area contributed by atoms with Crippen LogP contribution in [0.3, 0.4) is 0 Å². The van der Waals surface area contributed by atoms with Crippen LogP contribution in [0.15, 0.2) is 21.1 Å². The summed E-state index contributed by atoms with van der Waals surface area (Å²) in [5.74, 6) is 0.642. The van der Waals surface area contributed by atoms with Gasteiger partial charge in [0, 0.05) is 18.6 Å². The van der Waals surface area contributed by atoms with Crippen molar-refractivity contribution in [1.29, 1.82) is 0 Å². The van der Waals surface area contributed by atoms with Gasteiger partial charge in [-0.1, -0.05) is 0 Å². The molecule has 0 N–H and O–H groups in total. The van der Waals surface area contributed by atoms with E-state index in [4.69, 9.17) is 4.74 Å². The molecular weight excluding hydrogens is 382 g/mol. The van der Waals surface area contributed by atoms with Crippen LogP contribution in [0.25, 0.3) is 0 Å². The van der Waals surface area contributed by atoms with Crippen LogP contribution in [0.5, 0.6) is 5.75 Å². The summed E-state index contributed by atoms with van der Waals surface area (Å²) in [6.45, 7) is 3.66. The summed E-state index contributed by atoms with van der Waals surface area (Å²) in [6.07, 6.45) is 0.150. The molecule has 1 unspecified atom stereocenters. The Balaban J connectivity index is 2.27. The molecule has 102 valence electrons. The van der Waals surface area contributed by atoms with Crippen molar-refractivity contribution >= 4 is 43.3 Å². The molecule has 1 atom stereocenters. The van der Waals surface area contributed by atoms with E-state index in [1.54, 1.807) is 0 Å². The summed E-state index contributed by atoms with van der Waals surface area (Å²) in [5, 5.41) is 10.7. The molecule has 19 heavy (non-hydrogen) atoms. The first-order chi connectivity index (χ1) is 8.73. The molecule has 1 saturated carbocycles. The van der Waals surface area contributed by atoms with Gasteiger partial charge < -0.3 is 4.74 Å². The molecule has 7 heteroatoms. The molecule has 1 aromatic carbocycles. The van der Waals surface area contributed by atoms with Crippen LogP contribution in [-0.4, -0.2) is 16.8 Å². The van der Waals surface area contributed by atoms with Gasteiger partial charge in [-0.05, 0) is 45.7 Å². The van der Waals surface area contributed by atoms with Crippen LogP contribution in [0.4, 0.5) is 5.69 Å². The molecule has 2 rings (SSSR count). The van der Waals surface area contributed by atoms with Gasteiger partial charge in [-0.3, -0.25) is 14.9 Å². The average Bonchev–Trinajstić information content (AvgIpc) is 2.31. The normalized spacial score (nSPS) is 20.8. The van der Waals surface area contributed by atoms with E-state index in [0.717, 1.165) is 0 Å². The summed E-state index contributed by atoms with van der Waals surface area (Å²) in [4.78, 5) is 21.7. The van der Waals surface area contributed by atoms with E-state index in [2.05, 4.69) is 31.9 Å². The molecule has 1 aliphatic carbocycles. The largest absolute Gasteiger partial charge is 0.487 e. The van der Waals surface area contributed by atoms with Gasteiger partial charge in [0.1, 0.15) is 17.6 Å². The number of nitrogens with zero attached hydrogens (tertiary/aromatic N) is 1. The molecule has 1 aromatic rings. The molecule has 0 spiro atoms. The zero-order valence-electron chi connectivity index (χ0n) is 10.3. The lowest BCUT2D eigenvalue weighted by Crippen LogP contribution is -2.53. The summed E-state index contributed by atoms with van der Waals surface area (Å²) in [5.41, 5.74) is -0.546. The topological polar surface area (TPSA) is 69.4 Å². The molecule has 1 aliphatic rings. The van der Waals surface area contributed by atoms with E-state index in [9.17, 15) is 14.9 Å². The number of carbonyl (C=O) groups is 1. The molecule has 0 aliphatic heterocycles. The van der Waals surface area contributed by atoms with Crippen molar-refractivity contribution in [3.63, 3.8) is 0 Å². The van der Waals surface area contributed by atoms with Crippen LogP contribution >= 0.6 is 31.9 Å². The minimum atomic E-state index is -0.513. The van der Waals surface area contributed by atoms with Gasteiger partial charge in [0.25, 0.3) is 5.69 Å². The summed E-state index contributed by atoms with van der Waals surface area (Å²) >= 11 is 6.51. The number of benzene rings is 1. The Bertz CT molecular complexity index is 548. The third-order valence-corrected chi connectivity index (χ3v) is 4.53. The van der Waals surface area contributed by atoms with Crippen LogP contribution in [0, 0.1) is 15.5 Å². The minimum absolute atomic E-state index is 0.0324. The van der Waals surface area contributed by atoms with E-state index in [1.807, 2.05) is 13.8 Å². The Kier molecular flexibility index (Phi) is 3.70. The van der Waals surface area contributed by atoms with Gasteiger partial charge in [-0.25, -0.2) is 0 Å². The van der Waals surface area contributed by atoms with Crippen molar-refractivity contribution in [2.75, 3.05) is 0 Å². The highest BCUT2D eigenvalue weighted by Crippen LogP contribution is 2.44. The number of carbonyl (C=O) groups excluding carboxylic acids is 1. The van der Waals surface area contributed by atoms with E-state index in [-0.39, 0.29) is 17.6 Å². The molecule has 0 radical (unpaired) electrons. The monoisotopic (exact) mass is 391 g/mol. The highest BCUT2D eigenvalue weighted by Gasteiger charge is 2.49. The van der Waals surface area contributed by atoms with Crippen LogP contribution in [0.1, 0.15) is 20.3 Å². The standard InChI is InChI=1S/C12H11Br2NO4/c1-12(2)9(16)5-10(12)19-11-7(13)3-6(15(17)18)4-8(11)14/h3-4,10H,5H2,1-2H3. The fourth-order valence-electron chi connectivity index (χ4n) is 1.83. The number of Topliss-reactive ketones (excluding diaryl/α,β-unsaturated/α-hetero) is 1. The number of non-ortho nitro benzene ring substituents is 1. The van der Waals surface area contributed by atoms with Gasteiger partial charge in [0.05, 0.1) is 19.3 Å². The molecule has 0 bridgehead atoms. The summed E-state index contributed by atoms with van der Waals surface area (Å²) in [6, 6.07) is 2.77. The van der Waals surface area contributed by atoms with Crippen molar-refractivity contribution in [3.8, 4) is 5.75 Å². The van der Waals surface area contributed by atoms with Crippen molar-refractivity contribution in [2.45, 2.75) is 26.4 Å². The minimum Gasteiger partial charge on any atom is -0.487 e. The number of hydrogen-bond donors (Lipinski definition) is 0. The van der Waals surface area contributed by atoms with Crippen LogP contribution in [-0.2, 0) is 4.79 Å². The number of hydrogen-bond acceptors (Lipinski definition) is 4. The fraction of sp³-hybridized carbons (Fsp3) is 0.417. The van der Waals surface area contributed by atoms with Crippen molar-refractivity contribution in [2.24, 2.45) is 5.41 Å². The number of rotatable bonds is 3. The Morgan fingerprint density at radius 1 is 1.37 bits per heavy atom. The maximum absolute atomic E-state index is 11.5. The van der Waals surface area contributed by atoms with E-state index < -0.39 is 10.3 Å². The SMILES string of the molecule is CC1(C)C(=O)CC1Oc1c(Br)cc([N+](=O)[O-])cc1Br. The van der Waals surface area contributed by atoms with Gasteiger partial charge in [0.2, 0.25) is 0 Å². The second kappa shape index (κ2) is 4.86.